The minimum absolute atomic E-state index is 0.0105. The normalized spacial score (nSPS) is 25.6. The van der Waals surface area contributed by atoms with Gasteiger partial charge in [-0.25, -0.2) is 13.1 Å². The predicted octanol–water partition coefficient (Wildman–Crippen LogP) is -0.211. The third-order valence-electron chi connectivity index (χ3n) is 2.96. The SMILES string of the molecule is C[C@H](CN1CCOCC1)NS(=O)(=O)C1CC1. The maximum Gasteiger partial charge on any atom is 0.214 e. The molecule has 6 heteroatoms. The fourth-order valence-electron chi connectivity index (χ4n) is 1.96. The first-order chi connectivity index (χ1) is 7.58. The van der Waals surface area contributed by atoms with Gasteiger partial charge in [-0.1, -0.05) is 0 Å². The van der Waals surface area contributed by atoms with Gasteiger partial charge in [0.15, 0.2) is 0 Å². The van der Waals surface area contributed by atoms with E-state index in [0.29, 0.717) is 0 Å². The molecule has 1 aliphatic carbocycles. The molecule has 1 heterocycles. The van der Waals surface area contributed by atoms with Crippen molar-refractivity contribution in [3.8, 4) is 0 Å². The van der Waals surface area contributed by atoms with E-state index in [2.05, 4.69) is 9.62 Å². The lowest BCUT2D eigenvalue weighted by Crippen LogP contribution is -2.46. The fourth-order valence-corrected chi connectivity index (χ4v) is 3.55. The molecule has 0 bridgehead atoms. The highest BCUT2D eigenvalue weighted by Gasteiger charge is 2.36. The molecule has 0 amide bonds. The molecule has 0 spiro atoms. The van der Waals surface area contributed by atoms with Gasteiger partial charge in [0, 0.05) is 25.7 Å². The zero-order valence-electron chi connectivity index (χ0n) is 9.68. The Morgan fingerprint density at radius 1 is 1.38 bits per heavy atom. The molecule has 0 aromatic heterocycles. The molecule has 0 aromatic rings. The van der Waals surface area contributed by atoms with Crippen LogP contribution in [0, 0.1) is 0 Å². The fraction of sp³-hybridized carbons (Fsp3) is 1.00. The highest BCUT2D eigenvalue weighted by Crippen LogP contribution is 2.27. The summed E-state index contributed by atoms with van der Waals surface area (Å²) < 4.78 is 31.4. The smallest absolute Gasteiger partial charge is 0.214 e. The second kappa shape index (κ2) is 5.00. The molecule has 1 atom stereocenters. The van der Waals surface area contributed by atoms with Crippen molar-refractivity contribution in [3.63, 3.8) is 0 Å². The molecule has 2 rings (SSSR count). The minimum atomic E-state index is -3.05. The third-order valence-corrected chi connectivity index (χ3v) is 5.04. The Labute approximate surface area is 97.2 Å². The highest BCUT2D eigenvalue weighted by atomic mass is 32.2. The Balaban J connectivity index is 1.76. The van der Waals surface area contributed by atoms with Crippen LogP contribution in [-0.4, -0.2) is 57.5 Å². The first-order valence-electron chi connectivity index (χ1n) is 5.89. The van der Waals surface area contributed by atoms with E-state index in [4.69, 9.17) is 4.74 Å². The lowest BCUT2D eigenvalue weighted by molar-refractivity contribution is 0.0354. The Morgan fingerprint density at radius 2 is 2.00 bits per heavy atom. The van der Waals surface area contributed by atoms with Crippen LogP contribution in [0.1, 0.15) is 19.8 Å². The van der Waals surface area contributed by atoms with Crippen molar-refractivity contribution in [2.45, 2.75) is 31.1 Å². The topological polar surface area (TPSA) is 58.6 Å². The standard InChI is InChI=1S/C10H20N2O3S/c1-9(8-12-4-6-15-7-5-12)11-16(13,14)10-2-3-10/h9-11H,2-8H2,1H3/t9-/m1/s1. The van der Waals surface area contributed by atoms with Gasteiger partial charge in [0.05, 0.1) is 18.5 Å². The minimum Gasteiger partial charge on any atom is -0.379 e. The third kappa shape index (κ3) is 3.41. The van der Waals surface area contributed by atoms with Gasteiger partial charge < -0.3 is 4.74 Å². The number of morpholine rings is 1. The molecule has 5 nitrogen and oxygen atoms in total. The largest absolute Gasteiger partial charge is 0.379 e. The summed E-state index contributed by atoms with van der Waals surface area (Å²) in [7, 11) is -3.05. The zero-order valence-corrected chi connectivity index (χ0v) is 10.5. The summed E-state index contributed by atoms with van der Waals surface area (Å²) in [5, 5.41) is -0.125. The van der Waals surface area contributed by atoms with E-state index in [-0.39, 0.29) is 11.3 Å². The zero-order chi connectivity index (χ0) is 11.6. The van der Waals surface area contributed by atoms with Crippen LogP contribution in [0.15, 0.2) is 0 Å². The Kier molecular flexibility index (Phi) is 3.84. The van der Waals surface area contributed by atoms with Crippen molar-refractivity contribution in [1.82, 2.24) is 9.62 Å². The molecule has 1 saturated carbocycles. The monoisotopic (exact) mass is 248 g/mol. The van der Waals surface area contributed by atoms with Crippen LogP contribution < -0.4 is 4.72 Å². The summed E-state index contributed by atoms with van der Waals surface area (Å²) >= 11 is 0. The molecule has 1 N–H and O–H groups in total. The van der Waals surface area contributed by atoms with E-state index in [9.17, 15) is 8.42 Å². The van der Waals surface area contributed by atoms with Crippen molar-refractivity contribution in [2.24, 2.45) is 0 Å². The van der Waals surface area contributed by atoms with Crippen molar-refractivity contribution in [1.29, 1.82) is 0 Å². The Morgan fingerprint density at radius 3 is 2.56 bits per heavy atom. The van der Waals surface area contributed by atoms with E-state index in [1.54, 1.807) is 0 Å². The number of sulfonamides is 1. The summed E-state index contributed by atoms with van der Waals surface area (Å²) in [6.45, 7) is 6.00. The van der Waals surface area contributed by atoms with Gasteiger partial charge in [0.25, 0.3) is 0 Å². The van der Waals surface area contributed by atoms with Crippen LogP contribution in [0.25, 0.3) is 0 Å². The first-order valence-corrected chi connectivity index (χ1v) is 7.44. The molecule has 0 aromatic carbocycles. The molecule has 16 heavy (non-hydrogen) atoms. The lowest BCUT2D eigenvalue weighted by atomic mass is 10.3. The number of hydrogen-bond acceptors (Lipinski definition) is 4. The molecule has 0 unspecified atom stereocenters. The average molecular weight is 248 g/mol. The van der Waals surface area contributed by atoms with Crippen molar-refractivity contribution in [3.05, 3.63) is 0 Å². The van der Waals surface area contributed by atoms with Gasteiger partial charge in [-0.15, -0.1) is 0 Å². The van der Waals surface area contributed by atoms with E-state index in [1.807, 2.05) is 6.92 Å². The number of nitrogens with zero attached hydrogens (tertiary/aromatic N) is 1. The van der Waals surface area contributed by atoms with Crippen molar-refractivity contribution in [2.75, 3.05) is 32.8 Å². The Bertz CT molecular complexity index is 321. The van der Waals surface area contributed by atoms with E-state index in [1.165, 1.54) is 0 Å². The maximum atomic E-state index is 11.7. The summed E-state index contributed by atoms with van der Waals surface area (Å²) in [5.41, 5.74) is 0. The van der Waals surface area contributed by atoms with Crippen LogP contribution in [0.4, 0.5) is 0 Å². The lowest BCUT2D eigenvalue weighted by Gasteiger charge is -2.29. The average Bonchev–Trinajstić information content (AvgIpc) is 3.01. The second-order valence-electron chi connectivity index (χ2n) is 4.68. The second-order valence-corrected chi connectivity index (χ2v) is 6.67. The highest BCUT2D eigenvalue weighted by molar-refractivity contribution is 7.90. The molecule has 94 valence electrons. The Hall–Kier alpha value is -0.170. The van der Waals surface area contributed by atoms with Crippen molar-refractivity contribution < 1.29 is 13.2 Å². The van der Waals surface area contributed by atoms with E-state index < -0.39 is 10.0 Å². The number of rotatable bonds is 5. The molecular formula is C10H20N2O3S. The van der Waals surface area contributed by atoms with Gasteiger partial charge in [-0.2, -0.15) is 0 Å². The molecule has 0 radical (unpaired) electrons. The van der Waals surface area contributed by atoms with Gasteiger partial charge in [0.2, 0.25) is 10.0 Å². The summed E-state index contributed by atoms with van der Waals surface area (Å²) in [6.07, 6.45) is 1.64. The van der Waals surface area contributed by atoms with Gasteiger partial charge in [-0.3, -0.25) is 4.90 Å². The van der Waals surface area contributed by atoms with Gasteiger partial charge in [0.1, 0.15) is 0 Å². The maximum absolute atomic E-state index is 11.7. The van der Waals surface area contributed by atoms with Crippen LogP contribution in [0.2, 0.25) is 0 Å². The first kappa shape index (κ1) is 12.3. The van der Waals surface area contributed by atoms with Gasteiger partial charge in [-0.05, 0) is 19.8 Å². The van der Waals surface area contributed by atoms with E-state index >= 15 is 0 Å². The van der Waals surface area contributed by atoms with Crippen LogP contribution >= 0.6 is 0 Å². The number of nitrogens with one attached hydrogen (secondary N) is 1. The van der Waals surface area contributed by atoms with Gasteiger partial charge >= 0.3 is 0 Å². The molecule has 2 fully saturated rings. The predicted molar refractivity (Wildman–Crippen MR) is 61.8 cm³/mol. The quantitative estimate of drug-likeness (QED) is 0.731. The van der Waals surface area contributed by atoms with E-state index in [0.717, 1.165) is 45.7 Å². The summed E-state index contributed by atoms with van der Waals surface area (Å²) in [5.74, 6) is 0. The molecular weight excluding hydrogens is 228 g/mol. The van der Waals surface area contributed by atoms with Crippen LogP contribution in [0.3, 0.4) is 0 Å². The molecule has 2 aliphatic rings. The van der Waals surface area contributed by atoms with Crippen molar-refractivity contribution >= 4 is 10.0 Å². The van der Waals surface area contributed by atoms with Crippen LogP contribution in [0.5, 0.6) is 0 Å². The number of hydrogen-bond donors (Lipinski definition) is 1. The van der Waals surface area contributed by atoms with Crippen LogP contribution in [-0.2, 0) is 14.8 Å². The summed E-state index contributed by atoms with van der Waals surface area (Å²) in [6, 6.07) is -0.0105. The molecule has 1 saturated heterocycles. The molecule has 1 aliphatic heterocycles. The summed E-state index contributed by atoms with van der Waals surface area (Å²) in [4.78, 5) is 2.24. The number of ether oxygens (including phenoxy) is 1.